The van der Waals surface area contributed by atoms with Gasteiger partial charge in [0.25, 0.3) is 0 Å². The normalized spacial score (nSPS) is 15.6. The van der Waals surface area contributed by atoms with E-state index in [1.165, 1.54) is 16.4 Å². The van der Waals surface area contributed by atoms with Gasteiger partial charge in [-0.25, -0.2) is 12.8 Å². The summed E-state index contributed by atoms with van der Waals surface area (Å²) in [5.74, 6) is -0.341. The SMILES string of the molecule is Cc1ccc(C)c(S(=O)(=O)N2CCN(C(=S)Nc3cccc(F)c3)CC2)c1. The predicted octanol–water partition coefficient (Wildman–Crippen LogP) is 3.15. The van der Waals surface area contributed by atoms with E-state index in [4.69, 9.17) is 12.2 Å². The number of aryl methyl sites for hydroxylation is 2. The molecule has 1 saturated heterocycles. The van der Waals surface area contributed by atoms with Crippen LogP contribution in [0, 0.1) is 19.7 Å². The van der Waals surface area contributed by atoms with E-state index in [9.17, 15) is 12.8 Å². The molecule has 5 nitrogen and oxygen atoms in total. The van der Waals surface area contributed by atoms with Crippen molar-refractivity contribution in [3.05, 3.63) is 59.4 Å². The standard InChI is InChI=1S/C19H22FN3O2S2/c1-14-6-7-15(2)18(12-14)27(24,25)23-10-8-22(9-11-23)19(26)21-17-5-3-4-16(20)13-17/h3-7,12-13H,8-11H2,1-2H3,(H,21,26). The molecule has 1 N–H and O–H groups in total. The summed E-state index contributed by atoms with van der Waals surface area (Å²) in [6.07, 6.45) is 0. The quantitative estimate of drug-likeness (QED) is 0.793. The lowest BCUT2D eigenvalue weighted by Gasteiger charge is -2.35. The number of nitrogens with one attached hydrogen (secondary N) is 1. The first kappa shape index (κ1) is 19.7. The lowest BCUT2D eigenvalue weighted by atomic mass is 10.2. The largest absolute Gasteiger partial charge is 0.346 e. The molecule has 0 atom stereocenters. The Labute approximate surface area is 164 Å². The third-order valence-electron chi connectivity index (χ3n) is 4.56. The van der Waals surface area contributed by atoms with Gasteiger partial charge in [-0.1, -0.05) is 18.2 Å². The molecule has 0 bridgehead atoms. The molecular formula is C19H22FN3O2S2. The number of hydrogen-bond donors (Lipinski definition) is 1. The summed E-state index contributed by atoms with van der Waals surface area (Å²) >= 11 is 5.39. The number of benzene rings is 2. The number of anilines is 1. The van der Waals surface area contributed by atoms with Gasteiger partial charge in [0.1, 0.15) is 5.82 Å². The zero-order valence-corrected chi connectivity index (χ0v) is 16.9. The van der Waals surface area contributed by atoms with Crippen LogP contribution in [0.5, 0.6) is 0 Å². The molecule has 27 heavy (non-hydrogen) atoms. The molecule has 0 unspecified atom stereocenters. The molecule has 1 fully saturated rings. The van der Waals surface area contributed by atoms with Gasteiger partial charge in [0, 0.05) is 31.9 Å². The topological polar surface area (TPSA) is 52.7 Å². The highest BCUT2D eigenvalue weighted by Gasteiger charge is 2.30. The fraction of sp³-hybridized carbons (Fsp3) is 0.316. The maximum atomic E-state index is 13.3. The third-order valence-corrected chi connectivity index (χ3v) is 6.96. The van der Waals surface area contributed by atoms with Crippen molar-refractivity contribution >= 4 is 33.0 Å². The van der Waals surface area contributed by atoms with E-state index in [1.807, 2.05) is 24.0 Å². The summed E-state index contributed by atoms with van der Waals surface area (Å²) in [5, 5.41) is 3.47. The van der Waals surface area contributed by atoms with Gasteiger partial charge in [-0.05, 0) is 61.5 Å². The first-order valence-electron chi connectivity index (χ1n) is 8.66. The van der Waals surface area contributed by atoms with E-state index in [1.54, 1.807) is 25.1 Å². The molecule has 0 aliphatic carbocycles. The molecule has 0 radical (unpaired) electrons. The van der Waals surface area contributed by atoms with Gasteiger partial charge in [0.05, 0.1) is 4.90 Å². The zero-order chi connectivity index (χ0) is 19.6. The lowest BCUT2D eigenvalue weighted by Crippen LogP contribution is -2.51. The van der Waals surface area contributed by atoms with Gasteiger partial charge in [-0.15, -0.1) is 0 Å². The monoisotopic (exact) mass is 407 g/mol. The second-order valence-corrected chi connectivity index (χ2v) is 8.89. The van der Waals surface area contributed by atoms with Crippen molar-refractivity contribution in [1.82, 2.24) is 9.21 Å². The van der Waals surface area contributed by atoms with Crippen LogP contribution in [0.2, 0.25) is 0 Å². The van der Waals surface area contributed by atoms with Crippen molar-refractivity contribution in [3.8, 4) is 0 Å². The van der Waals surface area contributed by atoms with E-state index in [-0.39, 0.29) is 5.82 Å². The Balaban J connectivity index is 1.66. The number of thiocarbonyl (C=S) groups is 1. The molecule has 144 valence electrons. The Morgan fingerprint density at radius 3 is 2.44 bits per heavy atom. The molecule has 8 heteroatoms. The number of hydrogen-bond acceptors (Lipinski definition) is 3. The van der Waals surface area contributed by atoms with Crippen molar-refractivity contribution < 1.29 is 12.8 Å². The fourth-order valence-corrected chi connectivity index (χ4v) is 5.06. The summed E-state index contributed by atoms with van der Waals surface area (Å²) in [7, 11) is -3.54. The minimum absolute atomic E-state index is 0.341. The summed E-state index contributed by atoms with van der Waals surface area (Å²) in [6.45, 7) is 5.34. The second-order valence-electron chi connectivity index (χ2n) is 6.60. The van der Waals surface area contributed by atoms with Crippen LogP contribution in [0.1, 0.15) is 11.1 Å². The summed E-state index contributed by atoms with van der Waals surface area (Å²) < 4.78 is 40.8. The van der Waals surface area contributed by atoms with Gasteiger partial charge in [-0.2, -0.15) is 4.31 Å². The van der Waals surface area contributed by atoms with Crippen LogP contribution in [-0.2, 0) is 10.0 Å². The molecule has 1 heterocycles. The highest BCUT2D eigenvalue weighted by atomic mass is 32.2. The van der Waals surface area contributed by atoms with Gasteiger partial charge >= 0.3 is 0 Å². The third kappa shape index (κ3) is 4.45. The van der Waals surface area contributed by atoms with E-state index in [0.29, 0.717) is 41.9 Å². The Morgan fingerprint density at radius 1 is 1.07 bits per heavy atom. The van der Waals surface area contributed by atoms with E-state index in [2.05, 4.69) is 5.32 Å². The van der Waals surface area contributed by atoms with E-state index < -0.39 is 10.0 Å². The summed E-state index contributed by atoms with van der Waals surface area (Å²) in [4.78, 5) is 2.26. The smallest absolute Gasteiger partial charge is 0.243 e. The average Bonchev–Trinajstić information content (AvgIpc) is 2.63. The molecular weight excluding hydrogens is 385 g/mol. The van der Waals surface area contributed by atoms with E-state index >= 15 is 0 Å². The maximum absolute atomic E-state index is 13.3. The number of sulfonamides is 1. The Morgan fingerprint density at radius 2 is 1.78 bits per heavy atom. The van der Waals surface area contributed by atoms with Crippen LogP contribution in [0.25, 0.3) is 0 Å². The number of nitrogens with zero attached hydrogens (tertiary/aromatic N) is 2. The van der Waals surface area contributed by atoms with Gasteiger partial charge in [-0.3, -0.25) is 0 Å². The van der Waals surface area contributed by atoms with Gasteiger partial charge < -0.3 is 10.2 Å². The first-order chi connectivity index (χ1) is 12.8. The van der Waals surface area contributed by atoms with Crippen molar-refractivity contribution in [1.29, 1.82) is 0 Å². The highest BCUT2D eigenvalue weighted by Crippen LogP contribution is 2.22. The molecule has 0 saturated carbocycles. The highest BCUT2D eigenvalue weighted by molar-refractivity contribution is 7.89. The van der Waals surface area contributed by atoms with Crippen molar-refractivity contribution in [3.63, 3.8) is 0 Å². The van der Waals surface area contributed by atoms with Gasteiger partial charge in [0.2, 0.25) is 10.0 Å². The molecule has 1 aliphatic heterocycles. The molecule has 3 rings (SSSR count). The molecule has 0 aromatic heterocycles. The molecule has 2 aromatic carbocycles. The average molecular weight is 408 g/mol. The van der Waals surface area contributed by atoms with Crippen LogP contribution < -0.4 is 5.32 Å². The number of halogens is 1. The first-order valence-corrected chi connectivity index (χ1v) is 10.5. The Bertz CT molecular complexity index is 955. The van der Waals surface area contributed by atoms with Gasteiger partial charge in [0.15, 0.2) is 5.11 Å². The number of piperazine rings is 1. The molecule has 0 amide bonds. The van der Waals surface area contributed by atoms with Crippen LogP contribution in [-0.4, -0.2) is 48.9 Å². The molecule has 2 aromatic rings. The van der Waals surface area contributed by atoms with Crippen molar-refractivity contribution in [2.75, 3.05) is 31.5 Å². The fourth-order valence-electron chi connectivity index (χ4n) is 3.02. The molecule has 1 aliphatic rings. The minimum atomic E-state index is -3.54. The minimum Gasteiger partial charge on any atom is -0.346 e. The lowest BCUT2D eigenvalue weighted by molar-refractivity contribution is 0.268. The zero-order valence-electron chi connectivity index (χ0n) is 15.3. The summed E-state index contributed by atoms with van der Waals surface area (Å²) in [6, 6.07) is 11.5. The Kier molecular flexibility index (Phi) is 5.78. The predicted molar refractivity (Wildman–Crippen MR) is 109 cm³/mol. The van der Waals surface area contributed by atoms with E-state index in [0.717, 1.165) is 11.1 Å². The Hall–Kier alpha value is -2.03. The number of rotatable bonds is 3. The van der Waals surface area contributed by atoms with Crippen LogP contribution in [0.3, 0.4) is 0 Å². The van der Waals surface area contributed by atoms with Crippen molar-refractivity contribution in [2.45, 2.75) is 18.7 Å². The van der Waals surface area contributed by atoms with Crippen LogP contribution in [0.4, 0.5) is 10.1 Å². The second kappa shape index (κ2) is 7.92. The summed E-state index contributed by atoms with van der Waals surface area (Å²) in [5.41, 5.74) is 2.23. The van der Waals surface area contributed by atoms with Crippen LogP contribution in [0.15, 0.2) is 47.4 Å². The molecule has 0 spiro atoms. The maximum Gasteiger partial charge on any atom is 0.243 e. The van der Waals surface area contributed by atoms with Crippen molar-refractivity contribution in [2.24, 2.45) is 0 Å². The van der Waals surface area contributed by atoms with Crippen LogP contribution >= 0.6 is 12.2 Å².